The lowest BCUT2D eigenvalue weighted by Crippen LogP contribution is -1.85. The van der Waals surface area contributed by atoms with Crippen LogP contribution in [0.3, 0.4) is 0 Å². The molecule has 1 unspecified atom stereocenters. The second-order valence-electron chi connectivity index (χ2n) is 1.65. The van der Waals surface area contributed by atoms with Crippen LogP contribution in [0.15, 0.2) is 12.2 Å². The van der Waals surface area contributed by atoms with E-state index < -0.39 is 0 Å². The first-order valence-electron chi connectivity index (χ1n) is 2.46. The van der Waals surface area contributed by atoms with Gasteiger partial charge < -0.3 is 0 Å². The molecular weight excluding hydrogens is 168 g/mol. The van der Waals surface area contributed by atoms with Gasteiger partial charge in [0, 0.05) is 4.83 Å². The molecule has 0 amide bonds. The van der Waals surface area contributed by atoms with Crippen LogP contribution >= 0.6 is 15.9 Å². The second-order valence-corrected chi connectivity index (χ2v) is 3.09. The van der Waals surface area contributed by atoms with Crippen LogP contribution in [0.5, 0.6) is 0 Å². The number of carbonyl (C=O) groups is 1. The molecular formula is C6H9BrO. The molecule has 0 aromatic heterocycles. The second kappa shape index (κ2) is 3.84. The van der Waals surface area contributed by atoms with Crippen molar-refractivity contribution in [1.29, 1.82) is 0 Å². The molecule has 0 radical (unpaired) electrons. The van der Waals surface area contributed by atoms with Crippen molar-refractivity contribution in [1.82, 2.24) is 0 Å². The molecule has 8 heavy (non-hydrogen) atoms. The molecule has 0 saturated heterocycles. The molecule has 2 heteroatoms. The highest BCUT2D eigenvalue weighted by Crippen LogP contribution is 1.97. The molecule has 46 valence electrons. The number of hydrogen-bond donors (Lipinski definition) is 0. The van der Waals surface area contributed by atoms with E-state index in [2.05, 4.69) is 15.9 Å². The van der Waals surface area contributed by atoms with Gasteiger partial charge in [0.2, 0.25) is 0 Å². The van der Waals surface area contributed by atoms with Crippen LogP contribution in [0.4, 0.5) is 0 Å². The first-order chi connectivity index (χ1) is 3.63. The van der Waals surface area contributed by atoms with E-state index in [1.54, 1.807) is 6.08 Å². The summed E-state index contributed by atoms with van der Waals surface area (Å²) in [5.41, 5.74) is 0. The minimum absolute atomic E-state index is 0.0938. The van der Waals surface area contributed by atoms with Gasteiger partial charge in [-0.05, 0) is 19.9 Å². The van der Waals surface area contributed by atoms with Crippen molar-refractivity contribution < 1.29 is 4.79 Å². The van der Waals surface area contributed by atoms with Gasteiger partial charge in [0.25, 0.3) is 0 Å². The number of hydrogen-bond acceptors (Lipinski definition) is 1. The van der Waals surface area contributed by atoms with E-state index in [1.165, 1.54) is 6.92 Å². The van der Waals surface area contributed by atoms with Gasteiger partial charge in [0.05, 0.1) is 0 Å². The van der Waals surface area contributed by atoms with E-state index >= 15 is 0 Å². The van der Waals surface area contributed by atoms with Crippen LogP contribution in [-0.2, 0) is 4.79 Å². The lowest BCUT2D eigenvalue weighted by atomic mass is 10.3. The van der Waals surface area contributed by atoms with Gasteiger partial charge in [-0.25, -0.2) is 0 Å². The molecule has 0 aromatic rings. The lowest BCUT2D eigenvalue weighted by molar-refractivity contribution is -0.112. The van der Waals surface area contributed by atoms with Gasteiger partial charge in [0.1, 0.15) is 0 Å². The molecule has 0 aromatic carbocycles. The highest BCUT2D eigenvalue weighted by Gasteiger charge is 1.85. The number of ketones is 1. The zero-order valence-corrected chi connectivity index (χ0v) is 6.60. The summed E-state index contributed by atoms with van der Waals surface area (Å²) in [5, 5.41) is 0. The molecule has 0 aliphatic carbocycles. The topological polar surface area (TPSA) is 17.1 Å². The third kappa shape index (κ3) is 5.89. The van der Waals surface area contributed by atoms with Crippen molar-refractivity contribution in [2.75, 3.05) is 0 Å². The number of rotatable bonds is 2. The minimum atomic E-state index is 0.0938. The van der Waals surface area contributed by atoms with Crippen LogP contribution in [0.1, 0.15) is 13.8 Å². The van der Waals surface area contributed by atoms with E-state index in [4.69, 9.17) is 0 Å². The van der Waals surface area contributed by atoms with Crippen molar-refractivity contribution in [3.05, 3.63) is 12.2 Å². The fourth-order valence-corrected chi connectivity index (χ4v) is 0.421. The van der Waals surface area contributed by atoms with Gasteiger partial charge in [-0.1, -0.05) is 22.0 Å². The van der Waals surface area contributed by atoms with Crippen molar-refractivity contribution in [3.63, 3.8) is 0 Å². The summed E-state index contributed by atoms with van der Waals surface area (Å²) in [6, 6.07) is 0. The summed E-state index contributed by atoms with van der Waals surface area (Å²) >= 11 is 3.26. The predicted octanol–water partition coefficient (Wildman–Crippen LogP) is 1.92. The molecule has 1 nitrogen and oxygen atoms in total. The summed E-state index contributed by atoms with van der Waals surface area (Å²) in [6.45, 7) is 3.49. The zero-order valence-electron chi connectivity index (χ0n) is 5.02. The van der Waals surface area contributed by atoms with E-state index in [9.17, 15) is 4.79 Å². The molecule has 0 fully saturated rings. The molecule has 0 rings (SSSR count). The van der Waals surface area contributed by atoms with Crippen molar-refractivity contribution in [3.8, 4) is 0 Å². The third-order valence-electron chi connectivity index (χ3n) is 0.596. The SMILES string of the molecule is CC(=O)/C=C/C(C)Br. The summed E-state index contributed by atoms with van der Waals surface area (Å²) in [5.74, 6) is 0.0938. The third-order valence-corrected chi connectivity index (χ3v) is 0.901. The number of halogens is 1. The predicted molar refractivity (Wildman–Crippen MR) is 38.2 cm³/mol. The Morgan fingerprint density at radius 1 is 1.75 bits per heavy atom. The standard InChI is InChI=1S/C6H9BrO/c1-5(7)3-4-6(2)8/h3-5H,1-2H3/b4-3+. The Morgan fingerprint density at radius 3 is 2.38 bits per heavy atom. The fraction of sp³-hybridized carbons (Fsp3) is 0.500. The average Bonchev–Trinajstić information content (AvgIpc) is 1.61. The van der Waals surface area contributed by atoms with E-state index in [0.717, 1.165) is 0 Å². The highest BCUT2D eigenvalue weighted by molar-refractivity contribution is 9.09. The smallest absolute Gasteiger partial charge is 0.152 e. The number of alkyl halides is 1. The first kappa shape index (κ1) is 7.89. The summed E-state index contributed by atoms with van der Waals surface area (Å²) < 4.78 is 0. The van der Waals surface area contributed by atoms with E-state index in [0.29, 0.717) is 4.83 Å². The summed E-state index contributed by atoms with van der Waals surface area (Å²) in [4.78, 5) is 10.5. The Hall–Kier alpha value is -0.110. The Balaban J connectivity index is 3.50. The largest absolute Gasteiger partial charge is 0.295 e. The molecule has 0 aliphatic heterocycles. The van der Waals surface area contributed by atoms with Crippen LogP contribution in [-0.4, -0.2) is 10.6 Å². The van der Waals surface area contributed by atoms with Gasteiger partial charge in [-0.2, -0.15) is 0 Å². The molecule has 0 N–H and O–H groups in total. The molecule has 0 saturated carbocycles. The molecule has 0 spiro atoms. The Bertz CT molecular complexity index is 105. The van der Waals surface area contributed by atoms with E-state index in [-0.39, 0.29) is 5.78 Å². The molecule has 0 heterocycles. The Morgan fingerprint density at radius 2 is 2.25 bits per heavy atom. The number of allylic oxidation sites excluding steroid dienone is 2. The maximum atomic E-state index is 10.2. The quantitative estimate of drug-likeness (QED) is 0.465. The van der Waals surface area contributed by atoms with Crippen LogP contribution in [0, 0.1) is 0 Å². The molecule has 0 aliphatic rings. The molecule has 1 atom stereocenters. The summed E-state index contributed by atoms with van der Waals surface area (Å²) in [6.07, 6.45) is 3.36. The minimum Gasteiger partial charge on any atom is -0.295 e. The van der Waals surface area contributed by atoms with Crippen molar-refractivity contribution in [2.45, 2.75) is 18.7 Å². The maximum absolute atomic E-state index is 10.2. The van der Waals surface area contributed by atoms with Gasteiger partial charge >= 0.3 is 0 Å². The lowest BCUT2D eigenvalue weighted by Gasteiger charge is -1.86. The summed E-state index contributed by atoms with van der Waals surface area (Å²) in [7, 11) is 0. The average molecular weight is 177 g/mol. The van der Waals surface area contributed by atoms with Crippen LogP contribution in [0.25, 0.3) is 0 Å². The normalized spacial score (nSPS) is 14.4. The van der Waals surface area contributed by atoms with Gasteiger partial charge in [-0.3, -0.25) is 4.79 Å². The fourth-order valence-electron chi connectivity index (χ4n) is 0.268. The first-order valence-corrected chi connectivity index (χ1v) is 3.37. The Labute approximate surface area is 57.9 Å². The highest BCUT2D eigenvalue weighted by atomic mass is 79.9. The monoisotopic (exact) mass is 176 g/mol. The van der Waals surface area contributed by atoms with Crippen LogP contribution in [0.2, 0.25) is 0 Å². The van der Waals surface area contributed by atoms with Gasteiger partial charge in [0.15, 0.2) is 5.78 Å². The van der Waals surface area contributed by atoms with E-state index in [1.807, 2.05) is 13.0 Å². The van der Waals surface area contributed by atoms with Crippen molar-refractivity contribution >= 4 is 21.7 Å². The van der Waals surface area contributed by atoms with Crippen LogP contribution < -0.4 is 0 Å². The number of carbonyl (C=O) groups excluding carboxylic acids is 1. The zero-order chi connectivity index (χ0) is 6.57. The molecule has 0 bridgehead atoms. The maximum Gasteiger partial charge on any atom is 0.152 e. The van der Waals surface area contributed by atoms with Crippen molar-refractivity contribution in [2.24, 2.45) is 0 Å². The Kier molecular flexibility index (Phi) is 3.79. The van der Waals surface area contributed by atoms with Gasteiger partial charge in [-0.15, -0.1) is 0 Å².